The first-order chi connectivity index (χ1) is 10.3. The molecule has 1 aliphatic rings. The van der Waals surface area contributed by atoms with Crippen LogP contribution < -0.4 is 10.2 Å². The Bertz CT molecular complexity index is 458. The molecule has 1 unspecified atom stereocenters. The molecular formula is C18H28N2O. The maximum absolute atomic E-state index is 12.6. The van der Waals surface area contributed by atoms with Gasteiger partial charge in [0, 0.05) is 24.7 Å². The molecule has 1 aliphatic heterocycles. The topological polar surface area (TPSA) is 32.3 Å². The molecule has 3 nitrogen and oxygen atoms in total. The van der Waals surface area contributed by atoms with Crippen LogP contribution in [-0.2, 0) is 4.79 Å². The van der Waals surface area contributed by atoms with Gasteiger partial charge in [0.1, 0.15) is 0 Å². The predicted octanol–water partition coefficient (Wildman–Crippen LogP) is 4.04. The van der Waals surface area contributed by atoms with Gasteiger partial charge in [-0.2, -0.15) is 0 Å². The van der Waals surface area contributed by atoms with Gasteiger partial charge in [-0.15, -0.1) is 0 Å². The van der Waals surface area contributed by atoms with Gasteiger partial charge in [-0.3, -0.25) is 4.79 Å². The van der Waals surface area contributed by atoms with Crippen LogP contribution in [0.5, 0.6) is 0 Å². The Balaban J connectivity index is 2.10. The smallest absolute Gasteiger partial charge is 0.226 e. The number of carbonyl (C=O) groups is 1. The number of benzene rings is 1. The number of amides is 1. The van der Waals surface area contributed by atoms with E-state index in [4.69, 9.17) is 0 Å². The summed E-state index contributed by atoms with van der Waals surface area (Å²) in [4.78, 5) is 14.6. The number of rotatable bonds is 6. The Morgan fingerprint density at radius 2 is 2.10 bits per heavy atom. The van der Waals surface area contributed by atoms with Gasteiger partial charge in [-0.1, -0.05) is 44.4 Å². The molecule has 0 fully saturated rings. The second-order valence-electron chi connectivity index (χ2n) is 5.90. The van der Waals surface area contributed by atoms with Crippen LogP contribution in [0.2, 0.25) is 0 Å². The third kappa shape index (κ3) is 4.07. The highest BCUT2D eigenvalue weighted by Crippen LogP contribution is 2.33. The van der Waals surface area contributed by atoms with Crippen molar-refractivity contribution in [3.05, 3.63) is 29.8 Å². The van der Waals surface area contributed by atoms with Gasteiger partial charge >= 0.3 is 0 Å². The Morgan fingerprint density at radius 3 is 2.86 bits per heavy atom. The minimum absolute atomic E-state index is 0.287. The molecule has 0 spiro atoms. The van der Waals surface area contributed by atoms with E-state index in [9.17, 15) is 4.79 Å². The van der Waals surface area contributed by atoms with Crippen molar-refractivity contribution in [1.29, 1.82) is 0 Å². The number of hydrogen-bond acceptors (Lipinski definition) is 2. The molecule has 0 saturated heterocycles. The summed E-state index contributed by atoms with van der Waals surface area (Å²) in [6, 6.07) is 8.71. The van der Waals surface area contributed by atoms with E-state index in [1.54, 1.807) is 0 Å². The van der Waals surface area contributed by atoms with Crippen molar-refractivity contribution in [2.75, 3.05) is 18.5 Å². The summed E-state index contributed by atoms with van der Waals surface area (Å²) >= 11 is 0. The fourth-order valence-corrected chi connectivity index (χ4v) is 3.15. The van der Waals surface area contributed by atoms with Crippen molar-refractivity contribution >= 4 is 11.6 Å². The average Bonchev–Trinajstić information content (AvgIpc) is 2.70. The van der Waals surface area contributed by atoms with E-state index in [0.717, 1.165) is 37.9 Å². The summed E-state index contributed by atoms with van der Waals surface area (Å²) in [7, 11) is 2.00. The van der Waals surface area contributed by atoms with Crippen LogP contribution in [0.3, 0.4) is 0 Å². The van der Waals surface area contributed by atoms with Crippen LogP contribution in [-0.4, -0.2) is 19.5 Å². The fraction of sp³-hybridized carbons (Fsp3) is 0.611. The number of hydrogen-bond donors (Lipinski definition) is 1. The maximum Gasteiger partial charge on any atom is 0.226 e. The van der Waals surface area contributed by atoms with Crippen LogP contribution in [0.15, 0.2) is 24.3 Å². The molecule has 0 aliphatic carbocycles. The normalized spacial score (nSPS) is 18.2. The number of unbranched alkanes of at least 4 members (excludes halogenated alkanes) is 3. The molecule has 116 valence electrons. The molecule has 1 aromatic rings. The van der Waals surface area contributed by atoms with E-state index < -0.39 is 0 Å². The van der Waals surface area contributed by atoms with Crippen molar-refractivity contribution in [2.45, 2.75) is 57.9 Å². The van der Waals surface area contributed by atoms with Gasteiger partial charge in [-0.25, -0.2) is 0 Å². The zero-order chi connectivity index (χ0) is 15.1. The highest BCUT2D eigenvalue weighted by Gasteiger charge is 2.24. The number of nitrogens with zero attached hydrogens (tertiary/aromatic N) is 1. The zero-order valence-corrected chi connectivity index (χ0v) is 13.4. The third-order valence-corrected chi connectivity index (χ3v) is 4.37. The molecule has 3 heteroatoms. The first-order valence-corrected chi connectivity index (χ1v) is 8.34. The largest absolute Gasteiger partial charge is 0.313 e. The van der Waals surface area contributed by atoms with E-state index in [0.29, 0.717) is 12.5 Å². The van der Waals surface area contributed by atoms with E-state index in [-0.39, 0.29) is 5.91 Å². The summed E-state index contributed by atoms with van der Waals surface area (Å²) in [5, 5.41) is 3.38. The number of para-hydroxylation sites is 1. The lowest BCUT2D eigenvalue weighted by Gasteiger charge is -2.24. The molecule has 1 amide bonds. The number of carbonyl (C=O) groups excluding carboxylic acids is 1. The second kappa shape index (κ2) is 8.18. The number of anilines is 1. The molecule has 0 bridgehead atoms. The van der Waals surface area contributed by atoms with Gasteiger partial charge in [0.05, 0.1) is 0 Å². The van der Waals surface area contributed by atoms with Gasteiger partial charge in [0.2, 0.25) is 5.91 Å². The van der Waals surface area contributed by atoms with Crippen LogP contribution >= 0.6 is 0 Å². The first kappa shape index (κ1) is 16.0. The standard InChI is InChI=1S/C18H28N2O/c1-3-4-5-6-13-18(21)20-14-9-11-16(19-2)15-10-7-8-12-17(15)20/h7-8,10,12,16,19H,3-6,9,11,13-14H2,1-2H3. The Morgan fingerprint density at radius 1 is 1.29 bits per heavy atom. The second-order valence-corrected chi connectivity index (χ2v) is 5.90. The van der Waals surface area contributed by atoms with E-state index in [1.807, 2.05) is 18.0 Å². The summed E-state index contributed by atoms with van der Waals surface area (Å²) in [6.45, 7) is 3.05. The summed E-state index contributed by atoms with van der Waals surface area (Å²) in [5.74, 6) is 0.287. The summed E-state index contributed by atoms with van der Waals surface area (Å²) in [5.41, 5.74) is 2.37. The molecule has 0 aromatic heterocycles. The van der Waals surface area contributed by atoms with Gasteiger partial charge in [0.25, 0.3) is 0 Å². The predicted molar refractivity (Wildman–Crippen MR) is 88.6 cm³/mol. The molecule has 1 N–H and O–H groups in total. The van der Waals surface area contributed by atoms with Crippen LogP contribution in [0.4, 0.5) is 5.69 Å². The summed E-state index contributed by atoms with van der Waals surface area (Å²) in [6.07, 6.45) is 7.44. The van der Waals surface area contributed by atoms with E-state index in [2.05, 4.69) is 30.4 Å². The minimum Gasteiger partial charge on any atom is -0.313 e. The Labute approximate surface area is 128 Å². The molecule has 21 heavy (non-hydrogen) atoms. The Kier molecular flexibility index (Phi) is 6.24. The molecule has 1 heterocycles. The first-order valence-electron chi connectivity index (χ1n) is 8.34. The molecule has 0 radical (unpaired) electrons. The highest BCUT2D eigenvalue weighted by molar-refractivity contribution is 5.94. The zero-order valence-electron chi connectivity index (χ0n) is 13.4. The monoisotopic (exact) mass is 288 g/mol. The van der Waals surface area contributed by atoms with Crippen molar-refractivity contribution < 1.29 is 4.79 Å². The SMILES string of the molecule is CCCCCCC(=O)N1CCCC(NC)c2ccccc21. The van der Waals surface area contributed by atoms with Crippen molar-refractivity contribution in [3.63, 3.8) is 0 Å². The van der Waals surface area contributed by atoms with Crippen LogP contribution in [0, 0.1) is 0 Å². The fourth-order valence-electron chi connectivity index (χ4n) is 3.15. The number of fused-ring (bicyclic) bond motifs is 1. The molecule has 2 rings (SSSR count). The van der Waals surface area contributed by atoms with Gasteiger partial charge < -0.3 is 10.2 Å². The molecule has 1 atom stereocenters. The lowest BCUT2D eigenvalue weighted by molar-refractivity contribution is -0.118. The van der Waals surface area contributed by atoms with E-state index in [1.165, 1.54) is 18.4 Å². The lowest BCUT2D eigenvalue weighted by Crippen LogP contribution is -2.31. The molecule has 0 saturated carbocycles. The third-order valence-electron chi connectivity index (χ3n) is 4.37. The van der Waals surface area contributed by atoms with Crippen LogP contribution in [0.1, 0.15) is 63.5 Å². The number of nitrogens with one attached hydrogen (secondary N) is 1. The molecule has 1 aromatic carbocycles. The molecular weight excluding hydrogens is 260 g/mol. The quantitative estimate of drug-likeness (QED) is 0.801. The lowest BCUT2D eigenvalue weighted by atomic mass is 10.0. The maximum atomic E-state index is 12.6. The average molecular weight is 288 g/mol. The highest BCUT2D eigenvalue weighted by atomic mass is 16.2. The van der Waals surface area contributed by atoms with Crippen molar-refractivity contribution in [2.24, 2.45) is 0 Å². The van der Waals surface area contributed by atoms with Gasteiger partial charge in [0.15, 0.2) is 0 Å². The van der Waals surface area contributed by atoms with Crippen LogP contribution in [0.25, 0.3) is 0 Å². The van der Waals surface area contributed by atoms with Gasteiger partial charge in [-0.05, 0) is 37.9 Å². The minimum atomic E-state index is 0.287. The van der Waals surface area contributed by atoms with Crippen molar-refractivity contribution in [3.8, 4) is 0 Å². The Hall–Kier alpha value is -1.35. The van der Waals surface area contributed by atoms with Crippen molar-refractivity contribution in [1.82, 2.24) is 5.32 Å². The van der Waals surface area contributed by atoms with E-state index >= 15 is 0 Å². The summed E-state index contributed by atoms with van der Waals surface area (Å²) < 4.78 is 0.